The largest absolute Gasteiger partial charge is 0.343 e. The van der Waals surface area contributed by atoms with E-state index in [1.54, 1.807) is 0 Å². The van der Waals surface area contributed by atoms with Crippen LogP contribution in [-0.2, 0) is 0 Å². The monoisotopic (exact) mass is 401 g/mol. The zero-order valence-corrected chi connectivity index (χ0v) is 17.1. The van der Waals surface area contributed by atoms with Gasteiger partial charge >= 0.3 is 0 Å². The normalized spacial score (nSPS) is 23.7. The highest BCUT2D eigenvalue weighted by Crippen LogP contribution is 2.37. The van der Waals surface area contributed by atoms with Crippen LogP contribution in [-0.4, -0.2) is 16.5 Å². The Morgan fingerprint density at radius 2 is 1.19 bits per heavy atom. The molecule has 0 bridgehead atoms. The molecule has 4 aliphatic carbocycles. The molecule has 6 rings (SSSR count). The van der Waals surface area contributed by atoms with E-state index in [-0.39, 0.29) is 23.7 Å². The summed E-state index contributed by atoms with van der Waals surface area (Å²) in [5, 5.41) is 0. The molecule has 150 valence electrons. The van der Waals surface area contributed by atoms with Crippen LogP contribution in [0.1, 0.15) is 23.1 Å². The first-order valence-electron chi connectivity index (χ1n) is 10.9. The summed E-state index contributed by atoms with van der Waals surface area (Å²) >= 11 is 0. The van der Waals surface area contributed by atoms with E-state index in [9.17, 15) is 0 Å². The number of aliphatic imine (C=N–C) groups is 2. The van der Waals surface area contributed by atoms with Gasteiger partial charge in [-0.2, -0.15) is 0 Å². The molecule has 0 spiro atoms. The van der Waals surface area contributed by atoms with Gasteiger partial charge in [0.15, 0.2) is 5.84 Å². The summed E-state index contributed by atoms with van der Waals surface area (Å²) < 4.78 is 0. The molecule has 1 aliphatic heterocycles. The van der Waals surface area contributed by atoms with Crippen molar-refractivity contribution in [1.82, 2.24) is 4.98 Å². The van der Waals surface area contributed by atoms with E-state index in [0.717, 1.165) is 22.9 Å². The number of nitrogens with zero attached hydrogens (tertiary/aromatic N) is 2. The van der Waals surface area contributed by atoms with Crippen LogP contribution in [0.5, 0.6) is 0 Å². The van der Waals surface area contributed by atoms with Crippen LogP contribution in [0.3, 0.4) is 0 Å². The van der Waals surface area contributed by atoms with Crippen LogP contribution in [0.25, 0.3) is 0 Å². The highest BCUT2D eigenvalue weighted by molar-refractivity contribution is 6.21. The van der Waals surface area contributed by atoms with E-state index >= 15 is 0 Å². The van der Waals surface area contributed by atoms with Gasteiger partial charge in [0.25, 0.3) is 0 Å². The lowest BCUT2D eigenvalue weighted by Crippen LogP contribution is -2.04. The lowest BCUT2D eigenvalue weighted by atomic mass is 9.97. The molecule has 31 heavy (non-hydrogen) atoms. The second-order valence-electron chi connectivity index (χ2n) is 8.28. The van der Waals surface area contributed by atoms with E-state index in [4.69, 9.17) is 9.98 Å². The Hall–Kier alpha value is -3.72. The fourth-order valence-corrected chi connectivity index (χ4v) is 4.61. The molecule has 1 N–H and O–H groups in total. The SMILES string of the molecule is C1=CC(C2=CC(C3C=CC=C3)=N/C2=N/c2[nH]c(C3C=CC=C3)cc2C2C=CC=C2)C=C1. The minimum absolute atomic E-state index is 0.221. The smallest absolute Gasteiger partial charge is 0.158 e. The number of nitrogens with one attached hydrogen (secondary N) is 1. The third-order valence-corrected chi connectivity index (χ3v) is 6.27. The van der Waals surface area contributed by atoms with Crippen molar-refractivity contribution >= 4 is 17.4 Å². The van der Waals surface area contributed by atoms with Gasteiger partial charge in [0, 0.05) is 40.5 Å². The molecule has 0 atom stereocenters. The fraction of sp³-hybridized carbons (Fsp3) is 0.143. The van der Waals surface area contributed by atoms with E-state index in [2.05, 4.69) is 114 Å². The molecule has 2 heterocycles. The van der Waals surface area contributed by atoms with Gasteiger partial charge in [-0.15, -0.1) is 0 Å². The number of amidine groups is 1. The van der Waals surface area contributed by atoms with Gasteiger partial charge in [-0.3, -0.25) is 0 Å². The molecular formula is C28H23N3. The number of hydrogen-bond acceptors (Lipinski definition) is 1. The molecule has 5 aliphatic rings. The van der Waals surface area contributed by atoms with Crippen molar-refractivity contribution in [2.75, 3.05) is 0 Å². The Morgan fingerprint density at radius 3 is 1.84 bits per heavy atom. The summed E-state index contributed by atoms with van der Waals surface area (Å²) in [6, 6.07) is 2.26. The zero-order valence-electron chi connectivity index (χ0n) is 17.1. The lowest BCUT2D eigenvalue weighted by molar-refractivity contribution is 1.02. The van der Waals surface area contributed by atoms with Gasteiger partial charge in [0.2, 0.25) is 0 Å². The van der Waals surface area contributed by atoms with Crippen molar-refractivity contribution in [3.05, 3.63) is 126 Å². The van der Waals surface area contributed by atoms with E-state index in [1.807, 2.05) is 0 Å². The minimum Gasteiger partial charge on any atom is -0.343 e. The first-order valence-corrected chi connectivity index (χ1v) is 10.9. The Kier molecular flexibility index (Phi) is 4.38. The quantitative estimate of drug-likeness (QED) is 0.599. The Bertz CT molecular complexity index is 1200. The minimum atomic E-state index is 0.221. The molecule has 0 aromatic carbocycles. The maximum Gasteiger partial charge on any atom is 0.158 e. The maximum atomic E-state index is 5.12. The molecule has 3 heteroatoms. The third-order valence-electron chi connectivity index (χ3n) is 6.27. The number of H-pyrrole nitrogens is 1. The van der Waals surface area contributed by atoms with Gasteiger partial charge in [-0.25, -0.2) is 9.98 Å². The van der Waals surface area contributed by atoms with Crippen LogP contribution in [0, 0.1) is 11.8 Å². The number of hydrogen-bond donors (Lipinski definition) is 1. The van der Waals surface area contributed by atoms with Crippen LogP contribution < -0.4 is 0 Å². The molecule has 0 fully saturated rings. The van der Waals surface area contributed by atoms with Crippen molar-refractivity contribution in [1.29, 1.82) is 0 Å². The molecule has 0 unspecified atom stereocenters. The second-order valence-corrected chi connectivity index (χ2v) is 8.28. The van der Waals surface area contributed by atoms with Crippen LogP contribution in [0.15, 0.2) is 125 Å². The molecule has 0 saturated carbocycles. The molecular weight excluding hydrogens is 378 g/mol. The maximum absolute atomic E-state index is 5.12. The van der Waals surface area contributed by atoms with E-state index in [1.165, 1.54) is 11.3 Å². The predicted octanol–water partition coefficient (Wildman–Crippen LogP) is 6.33. The Labute approximate surface area is 182 Å². The summed E-state index contributed by atoms with van der Waals surface area (Å²) in [5.41, 5.74) is 4.59. The second kappa shape index (κ2) is 7.51. The Balaban J connectivity index is 1.43. The van der Waals surface area contributed by atoms with Crippen molar-refractivity contribution in [2.45, 2.75) is 11.8 Å². The van der Waals surface area contributed by atoms with Gasteiger partial charge in [0.05, 0.1) is 5.71 Å². The summed E-state index contributed by atoms with van der Waals surface area (Å²) in [6.07, 6.45) is 36.6. The molecule has 0 radical (unpaired) electrons. The van der Waals surface area contributed by atoms with E-state index in [0.29, 0.717) is 0 Å². The van der Waals surface area contributed by atoms with Crippen molar-refractivity contribution in [3.63, 3.8) is 0 Å². The fourth-order valence-electron chi connectivity index (χ4n) is 4.61. The number of aromatic nitrogens is 1. The molecule has 1 aromatic rings. The number of rotatable bonds is 5. The van der Waals surface area contributed by atoms with Crippen molar-refractivity contribution in [3.8, 4) is 0 Å². The average molecular weight is 402 g/mol. The summed E-state index contributed by atoms with van der Waals surface area (Å²) in [7, 11) is 0. The van der Waals surface area contributed by atoms with Crippen LogP contribution in [0.2, 0.25) is 0 Å². The summed E-state index contributed by atoms with van der Waals surface area (Å²) in [6.45, 7) is 0. The predicted molar refractivity (Wildman–Crippen MR) is 129 cm³/mol. The number of allylic oxidation sites excluding steroid dienone is 17. The van der Waals surface area contributed by atoms with Gasteiger partial charge < -0.3 is 4.98 Å². The molecule has 1 aromatic heterocycles. The third kappa shape index (κ3) is 3.32. The van der Waals surface area contributed by atoms with Gasteiger partial charge in [0.1, 0.15) is 5.82 Å². The lowest BCUT2D eigenvalue weighted by Gasteiger charge is -2.09. The molecule has 0 saturated heterocycles. The molecule has 0 amide bonds. The standard InChI is InChI=1S/C28H23N3/c1-2-10-19(9-1)23-17-25(21-13-5-6-14-21)29-27(23)31-28-24(20-11-3-4-12-20)18-26(30-28)22-15-7-8-16-22/h1-22,29H/b31-28+. The zero-order chi connectivity index (χ0) is 20.6. The first kappa shape index (κ1) is 18.1. The topological polar surface area (TPSA) is 40.5 Å². The average Bonchev–Trinajstić information content (AvgIpc) is 3.61. The van der Waals surface area contributed by atoms with Gasteiger partial charge in [-0.05, 0) is 12.1 Å². The van der Waals surface area contributed by atoms with Crippen LogP contribution >= 0.6 is 0 Å². The van der Waals surface area contributed by atoms with Crippen molar-refractivity contribution in [2.24, 2.45) is 21.8 Å². The van der Waals surface area contributed by atoms with Gasteiger partial charge in [-0.1, -0.05) is 97.2 Å². The number of aromatic amines is 1. The summed E-state index contributed by atoms with van der Waals surface area (Å²) in [4.78, 5) is 13.7. The Morgan fingerprint density at radius 1 is 0.645 bits per heavy atom. The highest BCUT2D eigenvalue weighted by atomic mass is 15.0. The van der Waals surface area contributed by atoms with E-state index < -0.39 is 0 Å². The summed E-state index contributed by atoms with van der Waals surface area (Å²) in [5.74, 6) is 2.67. The first-order chi connectivity index (χ1) is 15.3. The van der Waals surface area contributed by atoms with Crippen molar-refractivity contribution < 1.29 is 0 Å². The van der Waals surface area contributed by atoms with Crippen LogP contribution in [0.4, 0.5) is 5.82 Å². The molecule has 3 nitrogen and oxygen atoms in total. The highest BCUT2D eigenvalue weighted by Gasteiger charge is 2.27.